The lowest BCUT2D eigenvalue weighted by molar-refractivity contribution is -0.139. The number of amides is 1. The standard InChI is InChI=1S/C22H31NO3/c1-3-21(15-24)14-17-8-11-19(21)23(17)20(25)22(12-4-5-13-22)16-6-9-18(26-2)10-7-16/h6-7,9-10,17,19,24H,3-5,8,11-15H2,1-2H3/t17-,19+,21-/m1/s1. The molecule has 0 aromatic heterocycles. The highest BCUT2D eigenvalue weighted by Crippen LogP contribution is 2.54. The van der Waals surface area contributed by atoms with Gasteiger partial charge in [0.2, 0.25) is 5.91 Å². The first-order valence-corrected chi connectivity index (χ1v) is 10.2. The molecule has 4 nitrogen and oxygen atoms in total. The second-order valence-electron chi connectivity index (χ2n) is 8.56. The van der Waals surface area contributed by atoms with E-state index in [1.54, 1.807) is 7.11 Å². The van der Waals surface area contributed by atoms with E-state index >= 15 is 0 Å². The van der Waals surface area contributed by atoms with Gasteiger partial charge < -0.3 is 14.7 Å². The van der Waals surface area contributed by atoms with E-state index in [1.807, 2.05) is 12.1 Å². The average molecular weight is 357 g/mol. The summed E-state index contributed by atoms with van der Waals surface area (Å²) in [5.41, 5.74) is 0.670. The molecule has 0 spiro atoms. The van der Waals surface area contributed by atoms with Gasteiger partial charge in [0.15, 0.2) is 0 Å². The van der Waals surface area contributed by atoms with Crippen molar-refractivity contribution in [2.75, 3.05) is 13.7 Å². The quantitative estimate of drug-likeness (QED) is 0.875. The fraction of sp³-hybridized carbons (Fsp3) is 0.682. The van der Waals surface area contributed by atoms with Crippen LogP contribution in [-0.2, 0) is 10.2 Å². The smallest absolute Gasteiger partial charge is 0.233 e. The summed E-state index contributed by atoms with van der Waals surface area (Å²) in [5.74, 6) is 1.15. The number of aliphatic hydroxyl groups is 1. The second kappa shape index (κ2) is 6.56. The van der Waals surface area contributed by atoms with E-state index in [9.17, 15) is 9.90 Å². The highest BCUT2D eigenvalue weighted by Gasteiger charge is 2.59. The average Bonchev–Trinajstić information content (AvgIpc) is 3.41. The molecule has 2 saturated heterocycles. The lowest BCUT2D eigenvalue weighted by Gasteiger charge is -2.38. The fourth-order valence-corrected chi connectivity index (χ4v) is 6.02. The first kappa shape index (κ1) is 17.8. The van der Waals surface area contributed by atoms with Gasteiger partial charge in [0, 0.05) is 17.5 Å². The zero-order valence-electron chi connectivity index (χ0n) is 16.0. The van der Waals surface area contributed by atoms with E-state index in [4.69, 9.17) is 4.74 Å². The van der Waals surface area contributed by atoms with E-state index < -0.39 is 0 Å². The van der Waals surface area contributed by atoms with Crippen molar-refractivity contribution in [3.05, 3.63) is 29.8 Å². The maximum atomic E-state index is 13.9. The summed E-state index contributed by atoms with van der Waals surface area (Å²) in [7, 11) is 1.67. The molecule has 3 aliphatic rings. The van der Waals surface area contributed by atoms with Crippen molar-refractivity contribution in [3.8, 4) is 5.75 Å². The third-order valence-electron chi connectivity index (χ3n) is 7.61. The highest BCUT2D eigenvalue weighted by atomic mass is 16.5. The Labute approximate surface area is 156 Å². The lowest BCUT2D eigenvalue weighted by atomic mass is 9.72. The van der Waals surface area contributed by atoms with Crippen molar-refractivity contribution >= 4 is 5.91 Å². The van der Waals surface area contributed by atoms with Gasteiger partial charge in [0.05, 0.1) is 19.1 Å². The molecule has 26 heavy (non-hydrogen) atoms. The van der Waals surface area contributed by atoms with Crippen LogP contribution in [0.25, 0.3) is 0 Å². The number of hydrogen-bond donors (Lipinski definition) is 1. The molecular weight excluding hydrogens is 326 g/mol. The third kappa shape index (κ3) is 2.41. The lowest BCUT2D eigenvalue weighted by Crippen LogP contribution is -2.50. The molecule has 4 heteroatoms. The third-order valence-corrected chi connectivity index (χ3v) is 7.61. The number of rotatable bonds is 5. The highest BCUT2D eigenvalue weighted by molar-refractivity contribution is 5.90. The topological polar surface area (TPSA) is 49.8 Å². The summed E-state index contributed by atoms with van der Waals surface area (Å²) in [4.78, 5) is 16.1. The Kier molecular flexibility index (Phi) is 4.50. The first-order chi connectivity index (χ1) is 12.6. The Balaban J connectivity index is 1.68. The van der Waals surface area contributed by atoms with Gasteiger partial charge in [-0.15, -0.1) is 0 Å². The van der Waals surface area contributed by atoms with Crippen molar-refractivity contribution in [3.63, 3.8) is 0 Å². The van der Waals surface area contributed by atoms with Crippen molar-refractivity contribution in [2.45, 2.75) is 75.8 Å². The Bertz CT molecular complexity index is 658. The Morgan fingerprint density at radius 3 is 2.46 bits per heavy atom. The van der Waals surface area contributed by atoms with Crippen LogP contribution in [0.5, 0.6) is 5.75 Å². The minimum absolute atomic E-state index is 0.0850. The minimum Gasteiger partial charge on any atom is -0.497 e. The Morgan fingerprint density at radius 1 is 1.23 bits per heavy atom. The van der Waals surface area contributed by atoms with E-state index in [-0.39, 0.29) is 23.5 Å². The number of carbonyl (C=O) groups is 1. The molecule has 0 unspecified atom stereocenters. The number of carbonyl (C=O) groups excluding carboxylic acids is 1. The van der Waals surface area contributed by atoms with Crippen molar-refractivity contribution < 1.29 is 14.6 Å². The summed E-state index contributed by atoms with van der Waals surface area (Å²) in [5, 5.41) is 10.1. The normalized spacial score (nSPS) is 32.2. The summed E-state index contributed by atoms with van der Waals surface area (Å²) in [6.07, 6.45) is 8.15. The molecule has 0 radical (unpaired) electrons. The molecular formula is C22H31NO3. The van der Waals surface area contributed by atoms with Crippen LogP contribution in [0.15, 0.2) is 24.3 Å². The van der Waals surface area contributed by atoms with E-state index in [2.05, 4.69) is 24.0 Å². The number of hydrogen-bond acceptors (Lipinski definition) is 3. The number of aliphatic hydroxyl groups excluding tert-OH is 1. The molecule has 1 saturated carbocycles. The van der Waals surface area contributed by atoms with Gasteiger partial charge in [-0.05, 0) is 56.2 Å². The van der Waals surface area contributed by atoms with Crippen LogP contribution in [0, 0.1) is 5.41 Å². The van der Waals surface area contributed by atoms with Gasteiger partial charge in [-0.2, -0.15) is 0 Å². The van der Waals surface area contributed by atoms with Gasteiger partial charge in [0.1, 0.15) is 5.75 Å². The van der Waals surface area contributed by atoms with Gasteiger partial charge in [0.25, 0.3) is 0 Å². The van der Waals surface area contributed by atoms with Crippen molar-refractivity contribution in [1.29, 1.82) is 0 Å². The molecule has 1 N–H and O–H groups in total. The predicted molar refractivity (Wildman–Crippen MR) is 101 cm³/mol. The van der Waals surface area contributed by atoms with Gasteiger partial charge >= 0.3 is 0 Å². The molecule has 2 heterocycles. The molecule has 142 valence electrons. The van der Waals surface area contributed by atoms with Crippen molar-refractivity contribution in [1.82, 2.24) is 4.90 Å². The van der Waals surface area contributed by atoms with E-state index in [0.29, 0.717) is 11.9 Å². The van der Waals surface area contributed by atoms with Crippen LogP contribution in [0.3, 0.4) is 0 Å². The fourth-order valence-electron chi connectivity index (χ4n) is 6.02. The van der Waals surface area contributed by atoms with Gasteiger partial charge in [-0.1, -0.05) is 31.9 Å². The maximum Gasteiger partial charge on any atom is 0.233 e. The number of nitrogens with zero attached hydrogens (tertiary/aromatic N) is 1. The predicted octanol–water partition coefficient (Wildman–Crippen LogP) is 3.66. The van der Waals surface area contributed by atoms with Gasteiger partial charge in [-0.3, -0.25) is 4.79 Å². The molecule has 1 aromatic rings. The largest absolute Gasteiger partial charge is 0.497 e. The molecule has 1 aliphatic carbocycles. The summed E-state index contributed by atoms with van der Waals surface area (Å²) in [6, 6.07) is 8.65. The van der Waals surface area contributed by atoms with Gasteiger partial charge in [-0.25, -0.2) is 0 Å². The van der Waals surface area contributed by atoms with Crippen LogP contribution < -0.4 is 4.74 Å². The SMILES string of the molecule is CC[C@]1(CO)C[C@H]2CC[C@@H]1N2C(=O)C1(c2ccc(OC)cc2)CCCC1. The zero-order valence-corrected chi connectivity index (χ0v) is 16.0. The van der Waals surface area contributed by atoms with Crippen molar-refractivity contribution in [2.24, 2.45) is 5.41 Å². The number of fused-ring (bicyclic) bond motifs is 2. The minimum atomic E-state index is -0.383. The first-order valence-electron chi connectivity index (χ1n) is 10.2. The summed E-state index contributed by atoms with van der Waals surface area (Å²) >= 11 is 0. The van der Waals surface area contributed by atoms with Crippen LogP contribution >= 0.6 is 0 Å². The molecule has 2 bridgehead atoms. The van der Waals surface area contributed by atoms with Crippen LogP contribution in [-0.4, -0.2) is 41.7 Å². The molecule has 3 fully saturated rings. The number of ether oxygens (including phenoxy) is 1. The van der Waals surface area contributed by atoms with E-state index in [1.165, 1.54) is 0 Å². The molecule has 4 rings (SSSR count). The number of benzene rings is 1. The summed E-state index contributed by atoms with van der Waals surface area (Å²) in [6.45, 7) is 2.36. The second-order valence-corrected chi connectivity index (χ2v) is 8.56. The van der Waals surface area contributed by atoms with Crippen LogP contribution in [0.1, 0.15) is 63.9 Å². The summed E-state index contributed by atoms with van der Waals surface area (Å²) < 4.78 is 5.30. The molecule has 1 amide bonds. The van der Waals surface area contributed by atoms with Crippen LogP contribution in [0.4, 0.5) is 0 Å². The molecule has 3 atom stereocenters. The molecule has 2 aliphatic heterocycles. The number of methoxy groups -OCH3 is 1. The zero-order chi connectivity index (χ0) is 18.4. The monoisotopic (exact) mass is 357 g/mol. The Morgan fingerprint density at radius 2 is 1.92 bits per heavy atom. The van der Waals surface area contributed by atoms with E-state index in [0.717, 1.165) is 62.7 Å². The Hall–Kier alpha value is -1.55. The molecule has 1 aromatic carbocycles. The van der Waals surface area contributed by atoms with Crippen LogP contribution in [0.2, 0.25) is 0 Å². The maximum absolute atomic E-state index is 13.9.